The van der Waals surface area contributed by atoms with Crippen molar-refractivity contribution in [3.8, 4) is 6.07 Å². The van der Waals surface area contributed by atoms with Crippen molar-refractivity contribution in [1.82, 2.24) is 0 Å². The molecule has 1 fully saturated rings. The van der Waals surface area contributed by atoms with E-state index < -0.39 is 5.83 Å². The Balaban J connectivity index is 1.73. The van der Waals surface area contributed by atoms with Crippen LogP contribution in [0.25, 0.3) is 0 Å². The predicted molar refractivity (Wildman–Crippen MR) is 100 cm³/mol. The number of carbonyl (C=O) groups excluding carboxylic acids is 1. The Kier molecular flexibility index (Phi) is 8.34. The summed E-state index contributed by atoms with van der Waals surface area (Å²) in [6.07, 6.45) is 9.86. The fourth-order valence-electron chi connectivity index (χ4n) is 3.44. The predicted octanol–water partition coefficient (Wildman–Crippen LogP) is 5.90. The first kappa shape index (κ1) is 20.2. The van der Waals surface area contributed by atoms with Gasteiger partial charge in [0.15, 0.2) is 5.83 Å². The lowest BCUT2D eigenvalue weighted by atomic mass is 9.84. The average Bonchev–Trinajstić information content (AvgIpc) is 2.68. The number of nitriles is 1. The Morgan fingerprint density at radius 2 is 1.96 bits per heavy atom. The first-order valence-corrected chi connectivity index (χ1v) is 9.68. The molecule has 0 N–H and O–H groups in total. The topological polar surface area (TPSA) is 50.1 Å². The molecule has 0 amide bonds. The van der Waals surface area contributed by atoms with Gasteiger partial charge in [0.25, 0.3) is 0 Å². The van der Waals surface area contributed by atoms with Gasteiger partial charge in [0.05, 0.1) is 5.56 Å². The second kappa shape index (κ2) is 10.8. The van der Waals surface area contributed by atoms with Gasteiger partial charge in [0, 0.05) is 0 Å². The number of hydrogen-bond acceptors (Lipinski definition) is 3. The van der Waals surface area contributed by atoms with E-state index in [0.717, 1.165) is 51.4 Å². The molecule has 1 aromatic rings. The summed E-state index contributed by atoms with van der Waals surface area (Å²) < 4.78 is 18.4. The Morgan fingerprint density at radius 1 is 1.27 bits per heavy atom. The van der Waals surface area contributed by atoms with Gasteiger partial charge in [-0.05, 0) is 81.1 Å². The van der Waals surface area contributed by atoms with E-state index in [1.807, 2.05) is 24.3 Å². The molecule has 1 saturated carbocycles. The second-order valence-electron chi connectivity index (χ2n) is 7.09. The number of nitrogens with zero attached hydrogens (tertiary/aromatic N) is 1. The molecule has 0 heterocycles. The summed E-state index contributed by atoms with van der Waals surface area (Å²) in [6.45, 7) is 2.17. The zero-order valence-corrected chi connectivity index (χ0v) is 15.5. The van der Waals surface area contributed by atoms with Crippen LogP contribution in [0.2, 0.25) is 0 Å². The van der Waals surface area contributed by atoms with Crippen LogP contribution in [-0.4, -0.2) is 12.1 Å². The lowest BCUT2D eigenvalue weighted by Crippen LogP contribution is -2.24. The van der Waals surface area contributed by atoms with Crippen molar-refractivity contribution in [1.29, 1.82) is 5.26 Å². The molecule has 1 aliphatic rings. The molecule has 0 atom stereocenters. The third-order valence-corrected chi connectivity index (χ3v) is 5.08. The minimum Gasteiger partial charge on any atom is -0.459 e. The summed E-state index contributed by atoms with van der Waals surface area (Å²) in [7, 11) is 0. The fraction of sp³-hybridized carbons (Fsp3) is 0.545. The average molecular weight is 357 g/mol. The van der Waals surface area contributed by atoms with Gasteiger partial charge in [-0.15, -0.1) is 0 Å². The minimum absolute atomic E-state index is 0.0232. The van der Waals surface area contributed by atoms with Crippen LogP contribution in [0.15, 0.2) is 36.2 Å². The minimum atomic E-state index is -0.701. The van der Waals surface area contributed by atoms with Crippen molar-refractivity contribution in [2.45, 2.75) is 70.8 Å². The number of halogens is 1. The van der Waals surface area contributed by atoms with E-state index in [0.29, 0.717) is 17.9 Å². The van der Waals surface area contributed by atoms with Gasteiger partial charge in [0.2, 0.25) is 0 Å². The highest BCUT2D eigenvalue weighted by atomic mass is 19.1. The molecule has 3 nitrogen and oxygen atoms in total. The van der Waals surface area contributed by atoms with E-state index >= 15 is 0 Å². The molecule has 1 aromatic carbocycles. The third kappa shape index (κ3) is 6.63. The number of esters is 1. The van der Waals surface area contributed by atoms with E-state index in [-0.39, 0.29) is 12.1 Å². The van der Waals surface area contributed by atoms with Crippen LogP contribution in [0.1, 0.15) is 74.2 Å². The van der Waals surface area contributed by atoms with E-state index in [1.54, 1.807) is 0 Å². The first-order valence-electron chi connectivity index (χ1n) is 9.68. The van der Waals surface area contributed by atoms with E-state index in [9.17, 15) is 9.18 Å². The van der Waals surface area contributed by atoms with Crippen molar-refractivity contribution in [2.24, 2.45) is 5.92 Å². The fourth-order valence-corrected chi connectivity index (χ4v) is 3.44. The van der Waals surface area contributed by atoms with Crippen molar-refractivity contribution in [3.05, 3.63) is 47.3 Å². The molecule has 0 aromatic heterocycles. The molecule has 26 heavy (non-hydrogen) atoms. The van der Waals surface area contributed by atoms with Crippen LogP contribution in [0, 0.1) is 17.2 Å². The summed E-state index contributed by atoms with van der Waals surface area (Å²) in [5.41, 5.74) is 1.87. The molecule has 0 radical (unpaired) electrons. The number of carbonyl (C=O) groups is 1. The van der Waals surface area contributed by atoms with E-state index in [4.69, 9.17) is 10.00 Å². The van der Waals surface area contributed by atoms with E-state index in [2.05, 4.69) is 6.92 Å². The standard InChI is InChI=1S/C22H28FNO2/c1-2-3-5-17-8-12-19(13-9-17)22(25)26-21-14-10-18(11-15-21)6-4-7-20(23)16-24/h7-9,12-13,18,21H,2-6,10-11,14-15H2,1H3. The number of unbranched alkanes of at least 4 members (excludes halogenated alkanes) is 1. The smallest absolute Gasteiger partial charge is 0.338 e. The van der Waals surface area contributed by atoms with Crippen LogP contribution in [0.5, 0.6) is 0 Å². The highest BCUT2D eigenvalue weighted by Gasteiger charge is 2.24. The molecule has 0 saturated heterocycles. The Morgan fingerprint density at radius 3 is 2.58 bits per heavy atom. The molecule has 4 heteroatoms. The van der Waals surface area contributed by atoms with Crippen LogP contribution in [0.4, 0.5) is 4.39 Å². The molecule has 0 bridgehead atoms. The Bertz CT molecular complexity index is 637. The molecule has 2 rings (SSSR count). The van der Waals surface area contributed by atoms with Gasteiger partial charge in [-0.25, -0.2) is 4.79 Å². The van der Waals surface area contributed by atoms with Crippen LogP contribution >= 0.6 is 0 Å². The highest BCUT2D eigenvalue weighted by Crippen LogP contribution is 2.30. The largest absolute Gasteiger partial charge is 0.459 e. The summed E-state index contributed by atoms with van der Waals surface area (Å²) in [4.78, 5) is 12.3. The van der Waals surface area contributed by atoms with Crippen molar-refractivity contribution >= 4 is 5.97 Å². The number of aryl methyl sites for hydroxylation is 1. The quantitative estimate of drug-likeness (QED) is 0.430. The highest BCUT2D eigenvalue weighted by molar-refractivity contribution is 5.89. The van der Waals surface area contributed by atoms with Gasteiger partial charge < -0.3 is 4.74 Å². The van der Waals surface area contributed by atoms with Crippen molar-refractivity contribution < 1.29 is 13.9 Å². The van der Waals surface area contributed by atoms with Gasteiger partial charge >= 0.3 is 5.97 Å². The van der Waals surface area contributed by atoms with Gasteiger partial charge in [-0.2, -0.15) is 9.65 Å². The molecular formula is C22H28FNO2. The Labute approximate surface area is 155 Å². The van der Waals surface area contributed by atoms with E-state index in [1.165, 1.54) is 17.7 Å². The number of allylic oxidation sites excluding steroid dienone is 2. The van der Waals surface area contributed by atoms with Crippen molar-refractivity contribution in [2.75, 3.05) is 0 Å². The first-order chi connectivity index (χ1) is 12.6. The summed E-state index contributed by atoms with van der Waals surface area (Å²) in [6, 6.07) is 9.23. The number of ether oxygens (including phenoxy) is 1. The molecule has 140 valence electrons. The molecule has 0 aliphatic heterocycles. The van der Waals surface area contributed by atoms with Crippen LogP contribution in [0.3, 0.4) is 0 Å². The summed E-state index contributed by atoms with van der Waals surface area (Å²) >= 11 is 0. The summed E-state index contributed by atoms with van der Waals surface area (Å²) in [5.74, 6) is -0.423. The second-order valence-corrected chi connectivity index (χ2v) is 7.09. The third-order valence-electron chi connectivity index (χ3n) is 5.08. The number of benzene rings is 1. The maximum absolute atomic E-state index is 12.8. The summed E-state index contributed by atoms with van der Waals surface area (Å²) in [5, 5.41) is 8.40. The molecule has 0 spiro atoms. The van der Waals surface area contributed by atoms with Crippen molar-refractivity contribution in [3.63, 3.8) is 0 Å². The number of rotatable bonds is 8. The van der Waals surface area contributed by atoms with Gasteiger partial charge in [-0.3, -0.25) is 0 Å². The maximum Gasteiger partial charge on any atom is 0.338 e. The van der Waals surface area contributed by atoms with Gasteiger partial charge in [-0.1, -0.05) is 25.5 Å². The molecule has 0 unspecified atom stereocenters. The Hall–Kier alpha value is -2.15. The maximum atomic E-state index is 12.8. The SMILES string of the molecule is CCCCc1ccc(C(=O)OC2CCC(CCC=C(F)C#N)CC2)cc1. The lowest BCUT2D eigenvalue weighted by Gasteiger charge is -2.28. The normalized spacial score (nSPS) is 20.4. The molecule has 1 aliphatic carbocycles. The molecular weight excluding hydrogens is 329 g/mol. The van der Waals surface area contributed by atoms with Crippen LogP contribution < -0.4 is 0 Å². The number of hydrogen-bond donors (Lipinski definition) is 0. The lowest BCUT2D eigenvalue weighted by molar-refractivity contribution is 0.0162. The zero-order chi connectivity index (χ0) is 18.8. The zero-order valence-electron chi connectivity index (χ0n) is 15.5. The monoisotopic (exact) mass is 357 g/mol. The van der Waals surface area contributed by atoms with Gasteiger partial charge in [0.1, 0.15) is 12.2 Å². The van der Waals surface area contributed by atoms with Crippen LogP contribution in [-0.2, 0) is 11.2 Å².